The van der Waals surface area contributed by atoms with Gasteiger partial charge in [0.1, 0.15) is 5.82 Å². The molecule has 2 aliphatic rings. The summed E-state index contributed by atoms with van der Waals surface area (Å²) in [7, 11) is 0. The standard InChI is InChI=1S/C9H14N2O/c1-2-4-10-9(3-1)11-5-7-12-8-6-11/h1-3,10H,4-8H2. The van der Waals surface area contributed by atoms with E-state index in [1.54, 1.807) is 0 Å². The Bertz CT molecular complexity index is 205. The van der Waals surface area contributed by atoms with Crippen LogP contribution in [0.15, 0.2) is 24.0 Å². The van der Waals surface area contributed by atoms with Gasteiger partial charge in [0.15, 0.2) is 0 Å². The fourth-order valence-electron chi connectivity index (χ4n) is 1.47. The van der Waals surface area contributed by atoms with Gasteiger partial charge in [-0.1, -0.05) is 12.2 Å². The molecule has 0 aliphatic carbocycles. The fourth-order valence-corrected chi connectivity index (χ4v) is 1.47. The summed E-state index contributed by atoms with van der Waals surface area (Å²) in [5.74, 6) is 1.24. The second-order valence-electron chi connectivity index (χ2n) is 2.96. The van der Waals surface area contributed by atoms with Crippen LogP contribution in [0, 0.1) is 0 Å². The summed E-state index contributed by atoms with van der Waals surface area (Å²) in [4.78, 5) is 2.33. The Hall–Kier alpha value is -0.960. The lowest BCUT2D eigenvalue weighted by Gasteiger charge is -2.31. The van der Waals surface area contributed by atoms with E-state index >= 15 is 0 Å². The average Bonchev–Trinajstić information content (AvgIpc) is 2.21. The lowest BCUT2D eigenvalue weighted by molar-refractivity contribution is 0.0505. The van der Waals surface area contributed by atoms with Gasteiger partial charge in [0, 0.05) is 19.6 Å². The second-order valence-corrected chi connectivity index (χ2v) is 2.96. The molecule has 0 radical (unpaired) electrons. The predicted octanol–water partition coefficient (Wildman–Crippen LogP) is 0.319. The van der Waals surface area contributed by atoms with Crippen LogP contribution in [0.5, 0.6) is 0 Å². The third-order valence-electron chi connectivity index (χ3n) is 2.14. The van der Waals surface area contributed by atoms with Gasteiger partial charge in [0.25, 0.3) is 0 Å². The first kappa shape index (κ1) is 7.68. The number of hydrogen-bond donors (Lipinski definition) is 1. The Morgan fingerprint density at radius 2 is 2.17 bits per heavy atom. The summed E-state index contributed by atoms with van der Waals surface area (Å²) in [6.07, 6.45) is 6.33. The zero-order chi connectivity index (χ0) is 8.23. The molecule has 2 rings (SSSR count). The van der Waals surface area contributed by atoms with Crippen molar-refractivity contribution in [1.29, 1.82) is 0 Å². The maximum atomic E-state index is 5.28. The lowest BCUT2D eigenvalue weighted by Crippen LogP contribution is -2.40. The van der Waals surface area contributed by atoms with Crippen LogP contribution in [0.2, 0.25) is 0 Å². The molecule has 2 aliphatic heterocycles. The molecule has 0 unspecified atom stereocenters. The molecule has 3 nitrogen and oxygen atoms in total. The van der Waals surface area contributed by atoms with Gasteiger partial charge >= 0.3 is 0 Å². The molecule has 1 N–H and O–H groups in total. The number of nitrogens with zero attached hydrogens (tertiary/aromatic N) is 1. The molecular formula is C9H14N2O. The number of ether oxygens (including phenoxy) is 1. The fraction of sp³-hybridized carbons (Fsp3) is 0.556. The van der Waals surface area contributed by atoms with Gasteiger partial charge in [-0.3, -0.25) is 0 Å². The van der Waals surface area contributed by atoms with E-state index in [1.165, 1.54) is 5.82 Å². The number of hydrogen-bond acceptors (Lipinski definition) is 3. The number of rotatable bonds is 1. The third-order valence-corrected chi connectivity index (χ3v) is 2.14. The number of dihydropyridines is 1. The van der Waals surface area contributed by atoms with Crippen LogP contribution in [-0.2, 0) is 4.74 Å². The maximum absolute atomic E-state index is 5.28. The van der Waals surface area contributed by atoms with Crippen LogP contribution in [0.3, 0.4) is 0 Å². The molecule has 0 aromatic carbocycles. The van der Waals surface area contributed by atoms with Crippen LogP contribution in [0.25, 0.3) is 0 Å². The first-order valence-corrected chi connectivity index (χ1v) is 4.40. The molecular weight excluding hydrogens is 152 g/mol. The van der Waals surface area contributed by atoms with E-state index in [-0.39, 0.29) is 0 Å². The Balaban J connectivity index is 1.97. The number of allylic oxidation sites excluding steroid dienone is 2. The molecule has 0 aromatic heterocycles. The average molecular weight is 166 g/mol. The molecule has 0 aromatic rings. The Morgan fingerprint density at radius 1 is 1.33 bits per heavy atom. The predicted molar refractivity (Wildman–Crippen MR) is 47.6 cm³/mol. The molecule has 0 bridgehead atoms. The Morgan fingerprint density at radius 3 is 2.83 bits per heavy atom. The molecule has 2 heterocycles. The molecule has 66 valence electrons. The minimum atomic E-state index is 0.850. The first-order chi connectivity index (χ1) is 5.97. The first-order valence-electron chi connectivity index (χ1n) is 4.40. The summed E-state index contributed by atoms with van der Waals surface area (Å²) >= 11 is 0. The smallest absolute Gasteiger partial charge is 0.102 e. The largest absolute Gasteiger partial charge is 0.378 e. The van der Waals surface area contributed by atoms with Crippen molar-refractivity contribution in [2.24, 2.45) is 0 Å². The minimum Gasteiger partial charge on any atom is -0.378 e. The summed E-state index contributed by atoms with van der Waals surface area (Å²) in [5.41, 5.74) is 0. The molecule has 0 saturated carbocycles. The van der Waals surface area contributed by atoms with Crippen molar-refractivity contribution < 1.29 is 4.74 Å². The molecule has 12 heavy (non-hydrogen) atoms. The van der Waals surface area contributed by atoms with Gasteiger partial charge in [-0.05, 0) is 6.08 Å². The van der Waals surface area contributed by atoms with Crippen LogP contribution < -0.4 is 5.32 Å². The van der Waals surface area contributed by atoms with Gasteiger partial charge in [0.05, 0.1) is 13.2 Å². The minimum absolute atomic E-state index is 0.850. The SMILES string of the molecule is C1=CCNC(N2CCOCC2)=C1. The third kappa shape index (κ3) is 1.61. The zero-order valence-electron chi connectivity index (χ0n) is 7.12. The quantitative estimate of drug-likeness (QED) is 0.607. The van der Waals surface area contributed by atoms with E-state index in [4.69, 9.17) is 4.74 Å². The van der Waals surface area contributed by atoms with Gasteiger partial charge in [-0.25, -0.2) is 0 Å². The van der Waals surface area contributed by atoms with Crippen molar-refractivity contribution in [2.75, 3.05) is 32.8 Å². The summed E-state index contributed by atoms with van der Waals surface area (Å²) in [6, 6.07) is 0. The van der Waals surface area contributed by atoms with E-state index in [1.807, 2.05) is 0 Å². The highest BCUT2D eigenvalue weighted by Crippen LogP contribution is 2.06. The number of morpholine rings is 1. The van der Waals surface area contributed by atoms with Crippen molar-refractivity contribution in [3.05, 3.63) is 24.0 Å². The molecule has 1 saturated heterocycles. The van der Waals surface area contributed by atoms with Gasteiger partial charge in [-0.15, -0.1) is 0 Å². The lowest BCUT2D eigenvalue weighted by atomic mass is 10.3. The highest BCUT2D eigenvalue weighted by molar-refractivity contribution is 5.16. The van der Waals surface area contributed by atoms with Crippen molar-refractivity contribution in [2.45, 2.75) is 0 Å². The van der Waals surface area contributed by atoms with Crippen LogP contribution in [0.1, 0.15) is 0 Å². The summed E-state index contributed by atoms with van der Waals surface area (Å²) < 4.78 is 5.28. The maximum Gasteiger partial charge on any atom is 0.102 e. The van der Waals surface area contributed by atoms with Crippen molar-refractivity contribution in [3.8, 4) is 0 Å². The normalized spacial score (nSPS) is 23.3. The monoisotopic (exact) mass is 166 g/mol. The molecule has 1 fully saturated rings. The number of nitrogens with one attached hydrogen (secondary N) is 1. The highest BCUT2D eigenvalue weighted by Gasteiger charge is 2.12. The van der Waals surface area contributed by atoms with E-state index < -0.39 is 0 Å². The van der Waals surface area contributed by atoms with Crippen molar-refractivity contribution in [1.82, 2.24) is 10.2 Å². The molecule has 3 heteroatoms. The van der Waals surface area contributed by atoms with Gasteiger partial charge in [-0.2, -0.15) is 0 Å². The topological polar surface area (TPSA) is 24.5 Å². The van der Waals surface area contributed by atoms with Crippen LogP contribution >= 0.6 is 0 Å². The van der Waals surface area contributed by atoms with E-state index in [2.05, 4.69) is 28.4 Å². The highest BCUT2D eigenvalue weighted by atomic mass is 16.5. The molecule has 0 atom stereocenters. The molecule has 0 spiro atoms. The zero-order valence-corrected chi connectivity index (χ0v) is 7.12. The van der Waals surface area contributed by atoms with Crippen molar-refractivity contribution in [3.63, 3.8) is 0 Å². The summed E-state index contributed by atoms with van der Waals surface area (Å²) in [6.45, 7) is 4.66. The molecule has 0 amide bonds. The Labute approximate surface area is 72.7 Å². The second kappa shape index (κ2) is 3.63. The van der Waals surface area contributed by atoms with E-state index in [9.17, 15) is 0 Å². The van der Waals surface area contributed by atoms with Crippen molar-refractivity contribution >= 4 is 0 Å². The van der Waals surface area contributed by atoms with Gasteiger partial charge in [0.2, 0.25) is 0 Å². The van der Waals surface area contributed by atoms with Crippen LogP contribution in [-0.4, -0.2) is 37.7 Å². The van der Waals surface area contributed by atoms with E-state index in [0.717, 1.165) is 32.8 Å². The van der Waals surface area contributed by atoms with Gasteiger partial charge < -0.3 is 15.0 Å². The summed E-state index contributed by atoms with van der Waals surface area (Å²) in [5, 5.41) is 3.33. The Kier molecular flexibility index (Phi) is 2.32. The van der Waals surface area contributed by atoms with Crippen LogP contribution in [0.4, 0.5) is 0 Å². The van der Waals surface area contributed by atoms with E-state index in [0.29, 0.717) is 0 Å².